The first-order chi connectivity index (χ1) is 10.3. The van der Waals surface area contributed by atoms with Crippen LogP contribution in [0, 0.1) is 12.0 Å². The summed E-state index contributed by atoms with van der Waals surface area (Å²) in [6, 6.07) is 7.91. The molecule has 0 unspecified atom stereocenters. The predicted octanol–water partition coefficient (Wildman–Crippen LogP) is 4.35. The van der Waals surface area contributed by atoms with Crippen molar-refractivity contribution in [2.24, 2.45) is 5.41 Å². The molecule has 1 amide bonds. The number of hydrogen-bond donors (Lipinski definition) is 0. The zero-order valence-electron chi connectivity index (χ0n) is 13.4. The van der Waals surface area contributed by atoms with Crippen LogP contribution in [0.1, 0.15) is 45.1 Å². The molecule has 116 valence electrons. The third-order valence-electron chi connectivity index (χ3n) is 4.56. The van der Waals surface area contributed by atoms with E-state index in [-0.39, 0.29) is 6.09 Å². The average molecular weight is 298 g/mol. The Bertz CT molecular complexity index is 608. The highest BCUT2D eigenvalue weighted by Crippen LogP contribution is 2.56. The molecule has 0 bridgehead atoms. The topological polar surface area (TPSA) is 33.9 Å². The molecule has 1 saturated heterocycles. The Labute approximate surface area is 131 Å². The van der Waals surface area contributed by atoms with Gasteiger partial charge in [-0.2, -0.15) is 0 Å². The first-order valence-corrected chi connectivity index (χ1v) is 7.76. The van der Waals surface area contributed by atoms with Crippen molar-refractivity contribution < 1.29 is 9.53 Å². The van der Waals surface area contributed by atoms with Crippen molar-refractivity contribution >= 4 is 11.8 Å². The monoisotopic (exact) mass is 298 g/mol. The lowest BCUT2D eigenvalue weighted by Crippen LogP contribution is -2.63. The van der Waals surface area contributed by atoms with Crippen molar-refractivity contribution in [3.05, 3.63) is 41.2 Å². The molecular weight excluding hydrogens is 276 g/mol. The van der Waals surface area contributed by atoms with Crippen molar-refractivity contribution in [1.29, 1.82) is 0 Å². The molecule has 1 aliphatic carbocycles. The molecule has 1 aromatic carbocycles. The predicted molar refractivity (Wildman–Crippen MR) is 84.9 cm³/mol. The number of likely N-dealkylation sites (tertiary alicyclic amines) is 1. The van der Waals surface area contributed by atoms with Crippen LogP contribution in [0.25, 0.3) is 4.85 Å². The smallest absolute Gasteiger partial charge is 0.410 e. The number of ether oxygens (including phenoxy) is 1. The Morgan fingerprint density at radius 2 is 1.86 bits per heavy atom. The maximum atomic E-state index is 12.0. The van der Waals surface area contributed by atoms with Crippen molar-refractivity contribution in [2.75, 3.05) is 13.1 Å². The van der Waals surface area contributed by atoms with Crippen LogP contribution < -0.4 is 0 Å². The molecule has 1 spiro atoms. The van der Waals surface area contributed by atoms with Crippen molar-refractivity contribution in [2.45, 2.75) is 45.1 Å². The standard InChI is InChI=1S/C18H22N2O2/c1-17(2,3)22-16(21)20-11-18(12-20)9-14(10-18)13-5-7-15(19-4)8-6-13/h5-8,14H,9-12H2,1-3H3. The largest absolute Gasteiger partial charge is 0.444 e. The second-order valence-corrected chi connectivity index (χ2v) is 7.64. The Kier molecular flexibility index (Phi) is 3.40. The fourth-order valence-electron chi connectivity index (χ4n) is 3.52. The SMILES string of the molecule is [C-]#[N+]c1ccc(C2CC3(C2)CN(C(=O)OC(C)(C)C)C3)cc1. The van der Waals surface area contributed by atoms with E-state index in [0.717, 1.165) is 25.9 Å². The molecule has 1 aliphatic heterocycles. The van der Waals surface area contributed by atoms with E-state index >= 15 is 0 Å². The van der Waals surface area contributed by atoms with E-state index in [1.807, 2.05) is 37.8 Å². The molecule has 0 atom stereocenters. The highest BCUT2D eigenvalue weighted by atomic mass is 16.6. The minimum absolute atomic E-state index is 0.192. The van der Waals surface area contributed by atoms with Crippen LogP contribution in [0.15, 0.2) is 24.3 Å². The maximum absolute atomic E-state index is 12.0. The molecule has 0 aromatic heterocycles. The van der Waals surface area contributed by atoms with Gasteiger partial charge in [0, 0.05) is 18.5 Å². The number of benzene rings is 1. The third-order valence-corrected chi connectivity index (χ3v) is 4.56. The van der Waals surface area contributed by atoms with Gasteiger partial charge in [-0.15, -0.1) is 0 Å². The second kappa shape index (κ2) is 5.01. The summed E-state index contributed by atoms with van der Waals surface area (Å²) in [6.45, 7) is 14.3. The van der Waals surface area contributed by atoms with Gasteiger partial charge in [0.15, 0.2) is 5.69 Å². The van der Waals surface area contributed by atoms with Gasteiger partial charge >= 0.3 is 6.09 Å². The lowest BCUT2D eigenvalue weighted by atomic mass is 9.56. The summed E-state index contributed by atoms with van der Waals surface area (Å²) in [5.74, 6) is 0.570. The van der Waals surface area contributed by atoms with E-state index in [9.17, 15) is 4.79 Å². The zero-order valence-corrected chi connectivity index (χ0v) is 13.4. The van der Waals surface area contributed by atoms with E-state index < -0.39 is 5.60 Å². The van der Waals surface area contributed by atoms with Gasteiger partial charge < -0.3 is 9.64 Å². The summed E-state index contributed by atoms with van der Waals surface area (Å²) in [5.41, 5.74) is 1.89. The van der Waals surface area contributed by atoms with E-state index in [2.05, 4.69) is 17.0 Å². The number of rotatable bonds is 1. The Morgan fingerprint density at radius 3 is 2.36 bits per heavy atom. The van der Waals surface area contributed by atoms with Crippen molar-refractivity contribution in [1.82, 2.24) is 4.90 Å². The number of amides is 1. The molecule has 2 aliphatic rings. The molecular formula is C18H22N2O2. The molecule has 22 heavy (non-hydrogen) atoms. The Morgan fingerprint density at radius 1 is 1.27 bits per heavy atom. The van der Waals surface area contributed by atoms with Crippen LogP contribution in [0.2, 0.25) is 0 Å². The summed E-state index contributed by atoms with van der Waals surface area (Å²) in [7, 11) is 0. The van der Waals surface area contributed by atoms with Gasteiger partial charge in [-0.1, -0.05) is 24.3 Å². The van der Waals surface area contributed by atoms with E-state index in [4.69, 9.17) is 11.3 Å². The quantitative estimate of drug-likeness (QED) is 0.722. The molecule has 4 nitrogen and oxygen atoms in total. The van der Waals surface area contributed by atoms with Gasteiger partial charge in [0.1, 0.15) is 5.60 Å². The van der Waals surface area contributed by atoms with E-state index in [1.54, 1.807) is 0 Å². The minimum atomic E-state index is -0.424. The van der Waals surface area contributed by atoms with Crippen LogP contribution in [0.3, 0.4) is 0 Å². The molecule has 1 aromatic rings. The zero-order chi connectivity index (χ0) is 16.0. The van der Waals surface area contributed by atoms with Gasteiger partial charge in [-0.25, -0.2) is 9.64 Å². The normalized spacial score (nSPS) is 20.0. The van der Waals surface area contributed by atoms with Crippen LogP contribution in [0.5, 0.6) is 0 Å². The number of carbonyl (C=O) groups is 1. The third kappa shape index (κ3) is 2.81. The van der Waals surface area contributed by atoms with Gasteiger partial charge in [-0.3, -0.25) is 0 Å². The van der Waals surface area contributed by atoms with Crippen molar-refractivity contribution in [3.8, 4) is 0 Å². The molecule has 3 rings (SSSR count). The molecule has 4 heteroatoms. The summed E-state index contributed by atoms with van der Waals surface area (Å²) in [6.07, 6.45) is 2.07. The molecule has 0 radical (unpaired) electrons. The van der Waals surface area contributed by atoms with Gasteiger partial charge in [0.25, 0.3) is 0 Å². The average Bonchev–Trinajstić information content (AvgIpc) is 2.34. The summed E-state index contributed by atoms with van der Waals surface area (Å²) < 4.78 is 5.40. The Hall–Kier alpha value is -2.02. The molecule has 0 N–H and O–H groups in total. The summed E-state index contributed by atoms with van der Waals surface area (Å²) >= 11 is 0. The summed E-state index contributed by atoms with van der Waals surface area (Å²) in [5, 5.41) is 0. The second-order valence-electron chi connectivity index (χ2n) is 7.64. The van der Waals surface area contributed by atoms with Crippen LogP contribution in [0.4, 0.5) is 10.5 Å². The maximum Gasteiger partial charge on any atom is 0.410 e. The molecule has 2 fully saturated rings. The summed E-state index contributed by atoms with van der Waals surface area (Å²) in [4.78, 5) is 17.2. The number of carbonyl (C=O) groups excluding carboxylic acids is 1. The van der Waals surface area contributed by atoms with Crippen LogP contribution >= 0.6 is 0 Å². The van der Waals surface area contributed by atoms with E-state index in [0.29, 0.717) is 17.0 Å². The fourth-order valence-corrected chi connectivity index (χ4v) is 3.52. The first-order valence-electron chi connectivity index (χ1n) is 7.76. The number of nitrogens with zero attached hydrogens (tertiary/aromatic N) is 2. The number of hydrogen-bond acceptors (Lipinski definition) is 2. The highest BCUT2D eigenvalue weighted by molar-refractivity contribution is 5.69. The van der Waals surface area contributed by atoms with Gasteiger partial charge in [0.2, 0.25) is 0 Å². The fraction of sp³-hybridized carbons (Fsp3) is 0.556. The first kappa shape index (κ1) is 14.9. The van der Waals surface area contributed by atoms with Crippen molar-refractivity contribution in [3.63, 3.8) is 0 Å². The lowest BCUT2D eigenvalue weighted by Gasteiger charge is -2.59. The molecule has 1 saturated carbocycles. The van der Waals surface area contributed by atoms with E-state index in [1.165, 1.54) is 5.56 Å². The Balaban J connectivity index is 1.50. The van der Waals surface area contributed by atoms with Crippen LogP contribution in [-0.2, 0) is 4.74 Å². The molecule has 1 heterocycles. The lowest BCUT2D eigenvalue weighted by molar-refractivity contribution is -0.0786. The highest BCUT2D eigenvalue weighted by Gasteiger charge is 2.54. The van der Waals surface area contributed by atoms with Crippen LogP contribution in [-0.4, -0.2) is 29.7 Å². The van der Waals surface area contributed by atoms with Gasteiger partial charge in [-0.05, 0) is 45.1 Å². The minimum Gasteiger partial charge on any atom is -0.444 e. The van der Waals surface area contributed by atoms with Gasteiger partial charge in [0.05, 0.1) is 6.57 Å².